The molecule has 0 saturated carbocycles. The predicted octanol–water partition coefficient (Wildman–Crippen LogP) is 2.42. The molecule has 9 heteroatoms. The van der Waals surface area contributed by atoms with Crippen molar-refractivity contribution in [3.05, 3.63) is 33.5 Å². The van der Waals surface area contributed by atoms with Gasteiger partial charge in [-0.2, -0.15) is 5.10 Å². The largest absolute Gasteiger partial charge is 0.453 e. The lowest BCUT2D eigenvalue weighted by atomic mass is 9.95. The summed E-state index contributed by atoms with van der Waals surface area (Å²) in [6, 6.07) is 1.68. The molecule has 3 amide bonds. The second-order valence-electron chi connectivity index (χ2n) is 6.11. The van der Waals surface area contributed by atoms with Crippen molar-refractivity contribution in [2.24, 2.45) is 7.05 Å². The number of aryl methyl sites for hydroxylation is 3. The topological polar surface area (TPSA) is 102 Å². The number of thiophene rings is 1. The second kappa shape index (κ2) is 7.28. The van der Waals surface area contributed by atoms with Gasteiger partial charge in [0.25, 0.3) is 11.8 Å². The number of hydrogen-bond donors (Lipinski definition) is 2. The molecule has 0 spiro atoms. The van der Waals surface area contributed by atoms with Crippen LogP contribution in [-0.4, -0.2) is 34.8 Å². The zero-order valence-electron chi connectivity index (χ0n) is 14.8. The highest BCUT2D eigenvalue weighted by Crippen LogP contribution is 2.38. The number of anilines is 1. The van der Waals surface area contributed by atoms with Gasteiger partial charge in [-0.05, 0) is 44.2 Å². The Morgan fingerprint density at radius 1 is 1.23 bits per heavy atom. The molecule has 0 saturated heterocycles. The molecule has 1 aliphatic rings. The number of methoxy groups -OCH3 is 1. The van der Waals surface area contributed by atoms with Crippen LogP contribution in [0.1, 0.15) is 49.8 Å². The van der Waals surface area contributed by atoms with Crippen molar-refractivity contribution in [2.75, 3.05) is 12.4 Å². The maximum atomic E-state index is 12.6. The average Bonchev–Trinajstić information content (AvgIpc) is 3.14. The molecule has 2 aromatic rings. The van der Waals surface area contributed by atoms with Crippen LogP contribution in [-0.2, 0) is 24.6 Å². The van der Waals surface area contributed by atoms with Gasteiger partial charge in [0.15, 0.2) is 5.69 Å². The van der Waals surface area contributed by atoms with E-state index in [9.17, 15) is 14.4 Å². The fraction of sp³-hybridized carbons (Fsp3) is 0.412. The lowest BCUT2D eigenvalue weighted by molar-refractivity contribution is 0.0937. The summed E-state index contributed by atoms with van der Waals surface area (Å²) in [7, 11) is 2.95. The molecule has 0 unspecified atom stereocenters. The molecule has 2 aromatic heterocycles. The van der Waals surface area contributed by atoms with Crippen LogP contribution >= 0.6 is 11.3 Å². The first kappa shape index (κ1) is 18.1. The number of carbonyl (C=O) groups excluding carboxylic acids is 3. The molecule has 0 aliphatic heterocycles. The van der Waals surface area contributed by atoms with Gasteiger partial charge in [-0.1, -0.05) is 0 Å². The molecule has 8 nitrogen and oxygen atoms in total. The summed E-state index contributed by atoms with van der Waals surface area (Å²) >= 11 is 1.38. The van der Waals surface area contributed by atoms with Gasteiger partial charge in [-0.25, -0.2) is 4.79 Å². The summed E-state index contributed by atoms with van der Waals surface area (Å²) in [5.41, 5.74) is 2.37. The highest BCUT2D eigenvalue weighted by Gasteiger charge is 2.28. The number of fused-ring (bicyclic) bond motifs is 1. The van der Waals surface area contributed by atoms with E-state index in [-0.39, 0.29) is 11.6 Å². The molecule has 0 fully saturated rings. The van der Waals surface area contributed by atoms with E-state index in [0.717, 1.165) is 41.8 Å². The van der Waals surface area contributed by atoms with Crippen molar-refractivity contribution < 1.29 is 19.1 Å². The monoisotopic (exact) mass is 376 g/mol. The molecule has 0 atom stereocenters. The van der Waals surface area contributed by atoms with E-state index in [1.165, 1.54) is 18.4 Å². The molecule has 0 radical (unpaired) electrons. The molecule has 0 bridgehead atoms. The van der Waals surface area contributed by atoms with Gasteiger partial charge in [0.2, 0.25) is 0 Å². The SMILES string of the molecule is COC(=O)NC(=O)c1c(NC(=O)c2cc(C)n(C)n2)sc2c1CCCC2. The predicted molar refractivity (Wildman–Crippen MR) is 96.7 cm³/mol. The highest BCUT2D eigenvalue weighted by molar-refractivity contribution is 7.17. The summed E-state index contributed by atoms with van der Waals surface area (Å²) in [5, 5.41) is 9.57. The van der Waals surface area contributed by atoms with Crippen LogP contribution in [0.25, 0.3) is 0 Å². The summed E-state index contributed by atoms with van der Waals surface area (Å²) in [4.78, 5) is 37.6. The Hall–Kier alpha value is -2.68. The first-order chi connectivity index (χ1) is 12.4. The van der Waals surface area contributed by atoms with Gasteiger partial charge in [0, 0.05) is 17.6 Å². The maximum absolute atomic E-state index is 12.6. The van der Waals surface area contributed by atoms with E-state index in [1.54, 1.807) is 17.8 Å². The van der Waals surface area contributed by atoms with Crippen LogP contribution in [0.2, 0.25) is 0 Å². The number of carbonyl (C=O) groups is 3. The molecule has 2 heterocycles. The smallest absolute Gasteiger partial charge is 0.413 e. The normalized spacial score (nSPS) is 13.0. The summed E-state index contributed by atoms with van der Waals surface area (Å²) < 4.78 is 6.11. The Bertz CT molecular complexity index is 864. The molecule has 1 aliphatic carbocycles. The van der Waals surface area contributed by atoms with Crippen molar-refractivity contribution in [2.45, 2.75) is 32.6 Å². The van der Waals surface area contributed by atoms with Crippen LogP contribution in [0, 0.1) is 6.92 Å². The van der Waals surface area contributed by atoms with Crippen LogP contribution in [0.3, 0.4) is 0 Å². The number of aromatic nitrogens is 2. The van der Waals surface area contributed by atoms with E-state index < -0.39 is 12.0 Å². The third-order valence-electron chi connectivity index (χ3n) is 4.37. The fourth-order valence-corrected chi connectivity index (χ4v) is 4.22. The Balaban J connectivity index is 1.92. The van der Waals surface area contributed by atoms with E-state index in [2.05, 4.69) is 20.5 Å². The van der Waals surface area contributed by atoms with Crippen molar-refractivity contribution in [3.8, 4) is 0 Å². The van der Waals surface area contributed by atoms with Gasteiger partial charge in [0.05, 0.1) is 12.7 Å². The molecule has 3 rings (SSSR count). The number of rotatable bonds is 3. The lowest BCUT2D eigenvalue weighted by Gasteiger charge is -2.12. The fourth-order valence-electron chi connectivity index (χ4n) is 2.94. The minimum Gasteiger partial charge on any atom is -0.453 e. The molecule has 26 heavy (non-hydrogen) atoms. The van der Waals surface area contributed by atoms with Gasteiger partial charge in [0.1, 0.15) is 5.00 Å². The Morgan fingerprint density at radius 3 is 2.62 bits per heavy atom. The zero-order valence-corrected chi connectivity index (χ0v) is 15.7. The van der Waals surface area contributed by atoms with Crippen molar-refractivity contribution in [1.29, 1.82) is 0 Å². The molecule has 138 valence electrons. The number of amides is 3. The van der Waals surface area contributed by atoms with Gasteiger partial charge >= 0.3 is 6.09 Å². The van der Waals surface area contributed by atoms with Crippen molar-refractivity contribution in [3.63, 3.8) is 0 Å². The second-order valence-corrected chi connectivity index (χ2v) is 7.21. The minimum atomic E-state index is -0.830. The quantitative estimate of drug-likeness (QED) is 0.856. The lowest BCUT2D eigenvalue weighted by Crippen LogP contribution is -2.31. The molecular formula is C17H20N4O4S. The van der Waals surface area contributed by atoms with Gasteiger partial charge in [-0.3, -0.25) is 19.6 Å². The number of imide groups is 1. The van der Waals surface area contributed by atoms with Crippen LogP contribution < -0.4 is 10.6 Å². The number of nitrogens with zero attached hydrogens (tertiary/aromatic N) is 2. The summed E-state index contributed by atoms with van der Waals surface area (Å²) in [6.07, 6.45) is 2.78. The molecule has 2 N–H and O–H groups in total. The first-order valence-electron chi connectivity index (χ1n) is 8.26. The summed E-state index contributed by atoms with van der Waals surface area (Å²) in [5.74, 6) is -0.955. The highest BCUT2D eigenvalue weighted by atomic mass is 32.1. The van der Waals surface area contributed by atoms with E-state index >= 15 is 0 Å². The third kappa shape index (κ3) is 3.48. The first-order valence-corrected chi connectivity index (χ1v) is 9.08. The summed E-state index contributed by atoms with van der Waals surface area (Å²) in [6.45, 7) is 1.85. The zero-order chi connectivity index (χ0) is 18.8. The molecular weight excluding hydrogens is 356 g/mol. The Labute approximate surface area is 154 Å². The van der Waals surface area contributed by atoms with E-state index in [4.69, 9.17) is 0 Å². The number of hydrogen-bond acceptors (Lipinski definition) is 6. The number of alkyl carbamates (subject to hydrolysis) is 1. The average molecular weight is 376 g/mol. The third-order valence-corrected chi connectivity index (χ3v) is 5.58. The molecule has 0 aromatic carbocycles. The van der Waals surface area contributed by atoms with E-state index in [1.807, 2.05) is 6.92 Å². The van der Waals surface area contributed by atoms with Gasteiger partial charge in [-0.15, -0.1) is 11.3 Å². The van der Waals surface area contributed by atoms with Crippen molar-refractivity contribution >= 4 is 34.2 Å². The number of nitrogens with one attached hydrogen (secondary N) is 2. The standard InChI is InChI=1S/C17H20N4O4S/c1-9-8-11(20-21(9)2)14(22)18-16-13(15(23)19-17(24)25-3)10-6-4-5-7-12(10)26-16/h8H,4-7H2,1-3H3,(H,18,22)(H,19,23,24). The van der Waals surface area contributed by atoms with E-state index in [0.29, 0.717) is 10.6 Å². The van der Waals surface area contributed by atoms with Crippen molar-refractivity contribution in [1.82, 2.24) is 15.1 Å². The van der Waals surface area contributed by atoms with Crippen LogP contribution in [0.15, 0.2) is 6.07 Å². The Kier molecular flexibility index (Phi) is 5.08. The van der Waals surface area contributed by atoms with Crippen LogP contribution in [0.4, 0.5) is 9.80 Å². The number of ether oxygens (including phenoxy) is 1. The van der Waals surface area contributed by atoms with Gasteiger partial charge < -0.3 is 10.1 Å². The maximum Gasteiger partial charge on any atom is 0.413 e. The Morgan fingerprint density at radius 2 is 1.96 bits per heavy atom. The minimum absolute atomic E-state index is 0.274. The van der Waals surface area contributed by atoms with Crippen LogP contribution in [0.5, 0.6) is 0 Å².